The van der Waals surface area contributed by atoms with E-state index in [1.807, 2.05) is 30.5 Å². The summed E-state index contributed by atoms with van der Waals surface area (Å²) in [4.78, 5) is 17.2. The second-order valence-corrected chi connectivity index (χ2v) is 10.3. The summed E-state index contributed by atoms with van der Waals surface area (Å²) in [5, 5.41) is 23.4. The number of aliphatic hydroxyl groups excluding tert-OH is 2. The Hall–Kier alpha value is -4.86. The van der Waals surface area contributed by atoms with Crippen molar-refractivity contribution >= 4 is 16.8 Å². The van der Waals surface area contributed by atoms with Crippen LogP contribution in [0.15, 0.2) is 79.0 Å². The molecule has 43 heavy (non-hydrogen) atoms. The Balaban J connectivity index is 1.41. The van der Waals surface area contributed by atoms with E-state index in [0.29, 0.717) is 34.8 Å². The van der Waals surface area contributed by atoms with E-state index < -0.39 is 17.8 Å². The molecule has 0 aliphatic carbocycles. The van der Waals surface area contributed by atoms with Crippen LogP contribution < -0.4 is 19.5 Å². The zero-order valence-electron chi connectivity index (χ0n) is 23.5. The van der Waals surface area contributed by atoms with Crippen molar-refractivity contribution in [1.82, 2.24) is 10.3 Å². The van der Waals surface area contributed by atoms with Gasteiger partial charge in [0, 0.05) is 44.9 Å². The lowest BCUT2D eigenvalue weighted by molar-refractivity contribution is 0.0917. The summed E-state index contributed by atoms with van der Waals surface area (Å²) in [7, 11) is 1.52. The minimum Gasteiger partial charge on any atom is -0.493 e. The fourth-order valence-electron chi connectivity index (χ4n) is 5.55. The van der Waals surface area contributed by atoms with Gasteiger partial charge in [0.25, 0.3) is 5.91 Å². The Labute approximate surface area is 247 Å². The summed E-state index contributed by atoms with van der Waals surface area (Å²) in [6, 6.07) is 20.5. The number of para-hydroxylation sites is 1. The van der Waals surface area contributed by atoms with Crippen LogP contribution >= 0.6 is 0 Å². The van der Waals surface area contributed by atoms with Crippen LogP contribution in [0.2, 0.25) is 0 Å². The Morgan fingerprint density at radius 2 is 1.81 bits per heavy atom. The third-order valence-electron chi connectivity index (χ3n) is 7.64. The van der Waals surface area contributed by atoms with Crippen molar-refractivity contribution in [3.63, 3.8) is 0 Å². The number of halogens is 1. The van der Waals surface area contributed by atoms with Crippen LogP contribution in [-0.4, -0.2) is 54.1 Å². The molecule has 9 heteroatoms. The fraction of sp³-hybridized carbons (Fsp3) is 0.206. The highest BCUT2D eigenvalue weighted by Crippen LogP contribution is 2.45. The number of nitrogens with one attached hydrogen (secondary N) is 2. The Bertz CT molecular complexity index is 1800. The molecular formula is C34H31FN2O6. The first kappa shape index (κ1) is 28.3. The van der Waals surface area contributed by atoms with Crippen molar-refractivity contribution < 1.29 is 33.6 Å². The van der Waals surface area contributed by atoms with Crippen LogP contribution in [0, 0.1) is 5.82 Å². The smallest absolute Gasteiger partial charge is 0.252 e. The number of aromatic amines is 1. The second-order valence-electron chi connectivity index (χ2n) is 10.3. The Morgan fingerprint density at radius 3 is 2.60 bits per heavy atom. The molecule has 0 fully saturated rings. The fourth-order valence-corrected chi connectivity index (χ4v) is 5.55. The molecular weight excluding hydrogens is 551 g/mol. The summed E-state index contributed by atoms with van der Waals surface area (Å²) in [5.41, 5.74) is 5.01. The maximum atomic E-state index is 15.1. The van der Waals surface area contributed by atoms with E-state index in [1.165, 1.54) is 13.2 Å². The lowest BCUT2D eigenvalue weighted by atomic mass is 9.90. The number of rotatable bonds is 10. The van der Waals surface area contributed by atoms with E-state index in [-0.39, 0.29) is 37.6 Å². The molecule has 0 saturated carbocycles. The number of hydrogen-bond acceptors (Lipinski definition) is 6. The van der Waals surface area contributed by atoms with Gasteiger partial charge < -0.3 is 34.7 Å². The molecule has 0 saturated heterocycles. The van der Waals surface area contributed by atoms with Gasteiger partial charge in [-0.05, 0) is 53.9 Å². The van der Waals surface area contributed by atoms with Gasteiger partial charge in [0.15, 0.2) is 11.5 Å². The molecule has 1 aliphatic heterocycles. The van der Waals surface area contributed by atoms with Gasteiger partial charge >= 0.3 is 0 Å². The van der Waals surface area contributed by atoms with E-state index in [0.717, 1.165) is 27.6 Å². The molecule has 0 unspecified atom stereocenters. The highest BCUT2D eigenvalue weighted by molar-refractivity contribution is 6.03. The third-order valence-corrected chi connectivity index (χ3v) is 7.64. The van der Waals surface area contributed by atoms with Crippen LogP contribution in [0.1, 0.15) is 21.5 Å². The zero-order chi connectivity index (χ0) is 29.9. The molecule has 8 nitrogen and oxygen atoms in total. The predicted molar refractivity (Wildman–Crippen MR) is 161 cm³/mol. The molecule has 1 aliphatic rings. The molecule has 220 valence electrons. The summed E-state index contributed by atoms with van der Waals surface area (Å²) in [6.45, 7) is -0.105. The number of amides is 1. The molecule has 0 bridgehead atoms. The van der Waals surface area contributed by atoms with Crippen molar-refractivity contribution in [3.8, 4) is 39.5 Å². The lowest BCUT2D eigenvalue weighted by Crippen LogP contribution is -2.39. The number of methoxy groups -OCH3 is 1. The number of H-pyrrole nitrogens is 1. The average molecular weight is 583 g/mol. The van der Waals surface area contributed by atoms with Crippen molar-refractivity contribution in [2.45, 2.75) is 19.1 Å². The maximum absolute atomic E-state index is 15.1. The van der Waals surface area contributed by atoms with Crippen LogP contribution in [0.3, 0.4) is 0 Å². The zero-order valence-corrected chi connectivity index (χ0v) is 23.5. The number of aliphatic hydroxyl groups is 2. The van der Waals surface area contributed by atoms with Gasteiger partial charge in [-0.15, -0.1) is 0 Å². The van der Waals surface area contributed by atoms with E-state index in [4.69, 9.17) is 14.2 Å². The molecule has 1 atom stereocenters. The molecule has 1 aromatic heterocycles. The number of aromatic nitrogens is 1. The standard InChI is InChI=1S/C34H31FN2O6/c1-41-32-15-25-21(13-33(32)42-11-10-38)19-43-31-16-26(24-7-2-4-8-29(24)35)28(14-27(25)31)34(40)37-22(18-39)12-20-17-36-30-9-5-3-6-23(20)30/h2-9,13-17,22,36,38-39H,10-12,18-19H2,1H3,(H,37,40)/t22-/m1/s1. The van der Waals surface area contributed by atoms with Crippen molar-refractivity contribution in [3.05, 3.63) is 102 Å². The normalized spacial score (nSPS) is 12.7. The van der Waals surface area contributed by atoms with Crippen molar-refractivity contribution in [1.29, 1.82) is 0 Å². The molecule has 0 radical (unpaired) electrons. The minimum atomic E-state index is -0.592. The van der Waals surface area contributed by atoms with Gasteiger partial charge in [-0.25, -0.2) is 4.39 Å². The topological polar surface area (TPSA) is 113 Å². The van der Waals surface area contributed by atoms with E-state index in [9.17, 15) is 15.0 Å². The van der Waals surface area contributed by atoms with Crippen LogP contribution in [-0.2, 0) is 13.0 Å². The van der Waals surface area contributed by atoms with Gasteiger partial charge in [0.1, 0.15) is 24.8 Å². The van der Waals surface area contributed by atoms with E-state index in [1.54, 1.807) is 42.5 Å². The molecule has 6 rings (SSSR count). The number of ether oxygens (including phenoxy) is 3. The number of fused-ring (bicyclic) bond motifs is 4. The second kappa shape index (κ2) is 12.2. The molecule has 1 amide bonds. The minimum absolute atomic E-state index is 0.105. The maximum Gasteiger partial charge on any atom is 0.252 e. The molecule has 2 heterocycles. The van der Waals surface area contributed by atoms with Gasteiger partial charge in [0.05, 0.1) is 26.4 Å². The first-order valence-electron chi connectivity index (χ1n) is 14.0. The molecule has 5 aromatic rings. The predicted octanol–water partition coefficient (Wildman–Crippen LogP) is 5.25. The van der Waals surface area contributed by atoms with Gasteiger partial charge in [-0.3, -0.25) is 4.79 Å². The third kappa shape index (κ3) is 5.52. The summed E-state index contributed by atoms with van der Waals surface area (Å²) in [6.07, 6.45) is 2.27. The quantitative estimate of drug-likeness (QED) is 0.179. The van der Waals surface area contributed by atoms with Gasteiger partial charge in [-0.1, -0.05) is 36.4 Å². The molecule has 0 spiro atoms. The van der Waals surface area contributed by atoms with Crippen LogP contribution in [0.25, 0.3) is 33.2 Å². The van der Waals surface area contributed by atoms with E-state index >= 15 is 4.39 Å². The Kier molecular flexibility index (Phi) is 8.00. The van der Waals surface area contributed by atoms with Crippen molar-refractivity contribution in [2.75, 3.05) is 26.9 Å². The SMILES string of the molecule is COc1cc2c(cc1OCCO)COc1cc(-c3ccccc3F)c(C(=O)N[C@@H](CO)Cc3c[nH]c4ccccc34)cc1-2. The van der Waals surface area contributed by atoms with E-state index in [2.05, 4.69) is 10.3 Å². The molecule has 4 N–H and O–H groups in total. The number of carbonyl (C=O) groups excluding carboxylic acids is 1. The van der Waals surface area contributed by atoms with Crippen LogP contribution in [0.5, 0.6) is 17.2 Å². The number of benzene rings is 4. The summed E-state index contributed by atoms with van der Waals surface area (Å²) in [5.74, 6) is 0.486. The lowest BCUT2D eigenvalue weighted by Gasteiger charge is -2.25. The summed E-state index contributed by atoms with van der Waals surface area (Å²) < 4.78 is 32.4. The van der Waals surface area contributed by atoms with Crippen molar-refractivity contribution in [2.24, 2.45) is 0 Å². The highest BCUT2D eigenvalue weighted by atomic mass is 19.1. The van der Waals surface area contributed by atoms with Gasteiger partial charge in [0.2, 0.25) is 0 Å². The molecule has 4 aromatic carbocycles. The first-order chi connectivity index (χ1) is 21.0. The number of hydrogen-bond donors (Lipinski definition) is 4. The summed E-state index contributed by atoms with van der Waals surface area (Å²) >= 11 is 0. The number of carbonyl (C=O) groups is 1. The monoisotopic (exact) mass is 582 g/mol. The Morgan fingerprint density at radius 1 is 1.00 bits per heavy atom. The largest absolute Gasteiger partial charge is 0.493 e. The average Bonchev–Trinajstić information content (AvgIpc) is 3.45. The first-order valence-corrected chi connectivity index (χ1v) is 14.0. The highest BCUT2D eigenvalue weighted by Gasteiger charge is 2.27. The van der Waals surface area contributed by atoms with Crippen LogP contribution in [0.4, 0.5) is 4.39 Å². The van der Waals surface area contributed by atoms with Gasteiger partial charge in [-0.2, -0.15) is 0 Å².